The van der Waals surface area contributed by atoms with Crippen LogP contribution in [0, 0.1) is 0 Å². The lowest BCUT2D eigenvalue weighted by molar-refractivity contribution is -0.128. The highest BCUT2D eigenvalue weighted by Crippen LogP contribution is 2.25. The van der Waals surface area contributed by atoms with Gasteiger partial charge >= 0.3 is 0 Å². The number of benzene rings is 1. The number of hydrogen-bond acceptors (Lipinski definition) is 7. The molecule has 0 atom stereocenters. The predicted molar refractivity (Wildman–Crippen MR) is 121 cm³/mol. The molecule has 0 saturated carbocycles. The Morgan fingerprint density at radius 3 is 2.40 bits per heavy atom. The maximum Gasteiger partial charge on any atom is 0.233 e. The molecule has 1 aromatic heterocycles. The van der Waals surface area contributed by atoms with Gasteiger partial charge in [-0.2, -0.15) is 0 Å². The van der Waals surface area contributed by atoms with Crippen LogP contribution in [0.5, 0.6) is 5.75 Å². The van der Waals surface area contributed by atoms with E-state index in [0.717, 1.165) is 43.4 Å². The van der Waals surface area contributed by atoms with Gasteiger partial charge in [-0.1, -0.05) is 23.4 Å². The van der Waals surface area contributed by atoms with Crippen LogP contribution in [0.4, 0.5) is 11.5 Å². The van der Waals surface area contributed by atoms with E-state index in [1.807, 2.05) is 17.0 Å². The summed E-state index contributed by atoms with van der Waals surface area (Å²) in [5, 5.41) is 0.990. The summed E-state index contributed by atoms with van der Waals surface area (Å²) in [5.41, 5.74) is 1.15. The molecule has 1 aromatic carbocycles. The molecule has 0 radical (unpaired) electrons. The van der Waals surface area contributed by atoms with Gasteiger partial charge < -0.3 is 19.4 Å². The van der Waals surface area contributed by atoms with E-state index in [0.29, 0.717) is 29.2 Å². The van der Waals surface area contributed by atoms with Gasteiger partial charge in [0, 0.05) is 51.0 Å². The fraction of sp³-hybridized carbons (Fsp3) is 0.476. The van der Waals surface area contributed by atoms with Crippen molar-refractivity contribution >= 4 is 40.8 Å². The Kier molecular flexibility index (Phi) is 6.84. The summed E-state index contributed by atoms with van der Waals surface area (Å²) in [6.07, 6.45) is 2.34. The topological polar surface area (TPSA) is 61.8 Å². The molecule has 0 unspecified atom stereocenters. The van der Waals surface area contributed by atoms with Crippen LogP contribution in [0.15, 0.2) is 35.5 Å². The number of methoxy groups -OCH3 is 1. The zero-order valence-electron chi connectivity index (χ0n) is 17.1. The monoisotopic (exact) mass is 447 g/mol. The summed E-state index contributed by atoms with van der Waals surface area (Å²) in [7, 11) is 1.67. The molecule has 4 rings (SSSR count). The predicted octanol–water partition coefficient (Wildman–Crippen LogP) is 3.18. The van der Waals surface area contributed by atoms with Gasteiger partial charge in [0.05, 0.1) is 12.9 Å². The maximum absolute atomic E-state index is 12.7. The normalized spacial score (nSPS) is 16.8. The minimum atomic E-state index is 0.112. The summed E-state index contributed by atoms with van der Waals surface area (Å²) >= 11 is 7.54. The molecule has 30 heavy (non-hydrogen) atoms. The molecular formula is C21H26ClN5O2S. The van der Waals surface area contributed by atoms with E-state index in [-0.39, 0.29) is 5.91 Å². The van der Waals surface area contributed by atoms with Gasteiger partial charge in [-0.3, -0.25) is 4.79 Å². The lowest BCUT2D eigenvalue weighted by Gasteiger charge is -2.36. The standard InChI is InChI=1S/C21H26ClN5O2S/c1-29-17-6-4-16(5-7-17)25-10-12-27(13-11-25)20(28)15-30-21-23-18(22)14-19(24-21)26-8-2-3-9-26/h4-7,14H,2-3,8-13,15H2,1H3. The van der Waals surface area contributed by atoms with Gasteiger partial charge in [-0.25, -0.2) is 9.97 Å². The van der Waals surface area contributed by atoms with Crippen LogP contribution in [0.1, 0.15) is 12.8 Å². The third-order valence-corrected chi connectivity index (χ3v) is 6.51. The Labute approximate surface area is 186 Å². The van der Waals surface area contributed by atoms with Gasteiger partial charge in [0.15, 0.2) is 5.16 Å². The van der Waals surface area contributed by atoms with Crippen LogP contribution in [-0.4, -0.2) is 72.9 Å². The summed E-state index contributed by atoms with van der Waals surface area (Å²) in [6.45, 7) is 5.04. The number of thioether (sulfide) groups is 1. The Morgan fingerprint density at radius 2 is 1.73 bits per heavy atom. The van der Waals surface area contributed by atoms with Crippen molar-refractivity contribution in [2.45, 2.75) is 18.0 Å². The third kappa shape index (κ3) is 5.10. The first kappa shape index (κ1) is 21.1. The average Bonchev–Trinajstić information content (AvgIpc) is 3.32. The molecule has 7 nitrogen and oxygen atoms in total. The molecule has 2 saturated heterocycles. The summed E-state index contributed by atoms with van der Waals surface area (Å²) in [6, 6.07) is 9.84. The Hall–Kier alpha value is -2.19. The van der Waals surface area contributed by atoms with E-state index in [1.54, 1.807) is 13.2 Å². The number of rotatable bonds is 6. The number of nitrogens with zero attached hydrogens (tertiary/aromatic N) is 5. The van der Waals surface area contributed by atoms with E-state index in [9.17, 15) is 4.79 Å². The lowest BCUT2D eigenvalue weighted by atomic mass is 10.2. The first-order valence-corrected chi connectivity index (χ1v) is 11.6. The zero-order valence-corrected chi connectivity index (χ0v) is 18.7. The third-order valence-electron chi connectivity index (χ3n) is 5.49. The van der Waals surface area contributed by atoms with Gasteiger partial charge in [0.2, 0.25) is 5.91 Å². The van der Waals surface area contributed by atoms with Crippen molar-refractivity contribution < 1.29 is 9.53 Å². The van der Waals surface area contributed by atoms with E-state index in [4.69, 9.17) is 16.3 Å². The van der Waals surface area contributed by atoms with Gasteiger partial charge in [0.25, 0.3) is 0 Å². The van der Waals surface area contributed by atoms with Crippen molar-refractivity contribution in [2.75, 3.05) is 61.9 Å². The smallest absolute Gasteiger partial charge is 0.233 e. The highest BCUT2D eigenvalue weighted by molar-refractivity contribution is 7.99. The highest BCUT2D eigenvalue weighted by atomic mass is 35.5. The number of anilines is 2. The first-order valence-electron chi connectivity index (χ1n) is 10.2. The van der Waals surface area contributed by atoms with Crippen molar-refractivity contribution in [1.82, 2.24) is 14.9 Å². The van der Waals surface area contributed by atoms with E-state index in [1.165, 1.54) is 24.6 Å². The molecule has 0 aliphatic carbocycles. The molecule has 2 fully saturated rings. The molecule has 2 aromatic rings. The van der Waals surface area contributed by atoms with E-state index < -0.39 is 0 Å². The molecule has 3 heterocycles. The van der Waals surface area contributed by atoms with Crippen LogP contribution in [-0.2, 0) is 4.79 Å². The maximum atomic E-state index is 12.7. The van der Waals surface area contributed by atoms with Gasteiger partial charge in [-0.05, 0) is 37.1 Å². The number of carbonyl (C=O) groups excluding carboxylic acids is 1. The number of hydrogen-bond donors (Lipinski definition) is 0. The second kappa shape index (κ2) is 9.75. The molecule has 2 aliphatic heterocycles. The van der Waals surface area contributed by atoms with Crippen LogP contribution < -0.4 is 14.5 Å². The number of piperazine rings is 1. The van der Waals surface area contributed by atoms with Crippen molar-refractivity contribution in [1.29, 1.82) is 0 Å². The summed E-state index contributed by atoms with van der Waals surface area (Å²) in [5.74, 6) is 2.14. The Morgan fingerprint density at radius 1 is 1.03 bits per heavy atom. The van der Waals surface area contributed by atoms with Crippen LogP contribution >= 0.6 is 23.4 Å². The SMILES string of the molecule is COc1ccc(N2CCN(C(=O)CSc3nc(Cl)cc(N4CCCC4)n3)CC2)cc1. The van der Waals surface area contributed by atoms with Gasteiger partial charge in [0.1, 0.15) is 16.7 Å². The minimum Gasteiger partial charge on any atom is -0.497 e. The molecule has 0 bridgehead atoms. The fourth-order valence-corrected chi connectivity index (χ4v) is 4.77. The largest absolute Gasteiger partial charge is 0.497 e. The number of ether oxygens (including phenoxy) is 1. The second-order valence-corrected chi connectivity index (χ2v) is 8.71. The quantitative estimate of drug-likeness (QED) is 0.383. The second-order valence-electron chi connectivity index (χ2n) is 7.38. The zero-order chi connectivity index (χ0) is 20.9. The number of carbonyl (C=O) groups is 1. The number of aromatic nitrogens is 2. The summed E-state index contributed by atoms with van der Waals surface area (Å²) < 4.78 is 5.22. The van der Waals surface area contributed by atoms with E-state index in [2.05, 4.69) is 31.9 Å². The molecule has 1 amide bonds. The Balaban J connectivity index is 1.29. The minimum absolute atomic E-state index is 0.112. The van der Waals surface area contributed by atoms with Crippen molar-refractivity contribution in [3.05, 3.63) is 35.5 Å². The van der Waals surface area contributed by atoms with E-state index >= 15 is 0 Å². The van der Waals surface area contributed by atoms with Gasteiger partial charge in [-0.15, -0.1) is 0 Å². The van der Waals surface area contributed by atoms with Crippen molar-refractivity contribution in [3.63, 3.8) is 0 Å². The number of halogens is 1. The first-order chi connectivity index (χ1) is 14.6. The molecule has 2 aliphatic rings. The lowest BCUT2D eigenvalue weighted by Crippen LogP contribution is -2.49. The van der Waals surface area contributed by atoms with Crippen LogP contribution in [0.3, 0.4) is 0 Å². The fourth-order valence-electron chi connectivity index (χ4n) is 3.78. The summed E-state index contributed by atoms with van der Waals surface area (Å²) in [4.78, 5) is 28.0. The molecule has 9 heteroatoms. The molecule has 0 spiro atoms. The molecule has 160 valence electrons. The molecule has 0 N–H and O–H groups in total. The van der Waals surface area contributed by atoms with Crippen LogP contribution in [0.2, 0.25) is 5.15 Å². The Bertz CT molecular complexity index is 868. The van der Waals surface area contributed by atoms with Crippen molar-refractivity contribution in [2.24, 2.45) is 0 Å². The molecular weight excluding hydrogens is 422 g/mol. The average molecular weight is 448 g/mol. The van der Waals surface area contributed by atoms with Crippen LogP contribution in [0.25, 0.3) is 0 Å². The highest BCUT2D eigenvalue weighted by Gasteiger charge is 2.22. The van der Waals surface area contributed by atoms with Crippen molar-refractivity contribution in [3.8, 4) is 5.75 Å². The number of amides is 1.